The topological polar surface area (TPSA) is 58.9 Å². The second kappa shape index (κ2) is 6.11. The van der Waals surface area contributed by atoms with Crippen LogP contribution in [0.1, 0.15) is 6.42 Å². The first kappa shape index (κ1) is 12.5. The minimum Gasteiger partial charge on any atom is -0.353 e. The van der Waals surface area contributed by atoms with E-state index in [0.29, 0.717) is 5.95 Å². The molecular formula is C12H18N6. The summed E-state index contributed by atoms with van der Waals surface area (Å²) in [4.78, 5) is 2.15. The molecule has 96 valence electrons. The number of tetrazole rings is 1. The van der Waals surface area contributed by atoms with Crippen LogP contribution in [-0.2, 0) is 0 Å². The average molecular weight is 246 g/mol. The second-order valence-electron chi connectivity index (χ2n) is 4.33. The van der Waals surface area contributed by atoms with Crippen LogP contribution in [0.3, 0.4) is 0 Å². The Labute approximate surface area is 107 Å². The number of hydrogen-bond acceptors (Lipinski definition) is 5. The summed E-state index contributed by atoms with van der Waals surface area (Å²) in [5.74, 6) is 0.681. The molecule has 6 heteroatoms. The van der Waals surface area contributed by atoms with Crippen molar-refractivity contribution in [3.05, 3.63) is 30.3 Å². The number of nitrogens with one attached hydrogen (secondary N) is 1. The van der Waals surface area contributed by atoms with Crippen molar-refractivity contribution in [2.75, 3.05) is 32.5 Å². The molecule has 1 aromatic heterocycles. The summed E-state index contributed by atoms with van der Waals surface area (Å²) in [6, 6.07) is 9.85. The first-order valence-corrected chi connectivity index (χ1v) is 6.00. The number of rotatable bonds is 6. The normalized spacial score (nSPS) is 10.8. The van der Waals surface area contributed by atoms with E-state index in [0.717, 1.165) is 25.2 Å². The fourth-order valence-corrected chi connectivity index (χ4v) is 1.64. The molecule has 1 N–H and O–H groups in total. The van der Waals surface area contributed by atoms with Crippen LogP contribution in [-0.4, -0.2) is 52.3 Å². The zero-order chi connectivity index (χ0) is 12.8. The molecule has 0 radical (unpaired) electrons. The van der Waals surface area contributed by atoms with Crippen LogP contribution in [0, 0.1) is 0 Å². The molecule has 0 saturated heterocycles. The minimum atomic E-state index is 0.681. The van der Waals surface area contributed by atoms with E-state index in [4.69, 9.17) is 0 Å². The highest BCUT2D eigenvalue weighted by Crippen LogP contribution is 2.10. The van der Waals surface area contributed by atoms with Gasteiger partial charge in [0.2, 0.25) is 5.95 Å². The highest BCUT2D eigenvalue weighted by molar-refractivity contribution is 5.38. The number of para-hydroxylation sites is 1. The van der Waals surface area contributed by atoms with E-state index in [1.54, 1.807) is 4.68 Å². The Kier molecular flexibility index (Phi) is 4.25. The zero-order valence-corrected chi connectivity index (χ0v) is 10.7. The molecule has 0 aliphatic rings. The third kappa shape index (κ3) is 3.27. The number of anilines is 1. The fourth-order valence-electron chi connectivity index (χ4n) is 1.64. The lowest BCUT2D eigenvalue weighted by Gasteiger charge is -2.10. The van der Waals surface area contributed by atoms with Crippen LogP contribution in [0.4, 0.5) is 5.95 Å². The van der Waals surface area contributed by atoms with Crippen LogP contribution in [0.2, 0.25) is 0 Å². The fraction of sp³-hybridized carbons (Fsp3) is 0.417. The lowest BCUT2D eigenvalue weighted by atomic mass is 10.3. The molecule has 0 atom stereocenters. The monoisotopic (exact) mass is 246 g/mol. The van der Waals surface area contributed by atoms with Gasteiger partial charge in [-0.3, -0.25) is 0 Å². The summed E-state index contributed by atoms with van der Waals surface area (Å²) in [6.45, 7) is 1.89. The van der Waals surface area contributed by atoms with Crippen molar-refractivity contribution in [1.82, 2.24) is 25.1 Å². The molecule has 0 amide bonds. The van der Waals surface area contributed by atoms with Crippen LogP contribution in [0.25, 0.3) is 5.69 Å². The van der Waals surface area contributed by atoms with Crippen molar-refractivity contribution < 1.29 is 0 Å². The van der Waals surface area contributed by atoms with E-state index in [-0.39, 0.29) is 0 Å². The van der Waals surface area contributed by atoms with Gasteiger partial charge >= 0.3 is 0 Å². The molecule has 0 spiro atoms. The molecule has 0 aliphatic carbocycles. The van der Waals surface area contributed by atoms with Gasteiger partial charge in [0.1, 0.15) is 0 Å². The molecule has 0 aliphatic heterocycles. The van der Waals surface area contributed by atoms with E-state index >= 15 is 0 Å². The molecule has 2 aromatic rings. The number of hydrogen-bond donors (Lipinski definition) is 1. The van der Waals surface area contributed by atoms with Crippen LogP contribution in [0.5, 0.6) is 0 Å². The summed E-state index contributed by atoms with van der Waals surface area (Å²) < 4.78 is 1.70. The predicted molar refractivity (Wildman–Crippen MR) is 70.8 cm³/mol. The van der Waals surface area contributed by atoms with E-state index in [1.165, 1.54) is 0 Å². The first-order chi connectivity index (χ1) is 8.77. The van der Waals surface area contributed by atoms with E-state index < -0.39 is 0 Å². The maximum atomic E-state index is 3.99. The van der Waals surface area contributed by atoms with Crippen molar-refractivity contribution in [3.63, 3.8) is 0 Å². The Balaban J connectivity index is 1.96. The number of benzene rings is 1. The highest BCUT2D eigenvalue weighted by Gasteiger charge is 2.06. The van der Waals surface area contributed by atoms with Gasteiger partial charge in [0.05, 0.1) is 5.69 Å². The molecule has 18 heavy (non-hydrogen) atoms. The quantitative estimate of drug-likeness (QED) is 0.771. The van der Waals surface area contributed by atoms with Gasteiger partial charge in [-0.2, -0.15) is 4.68 Å². The lowest BCUT2D eigenvalue weighted by Crippen LogP contribution is -2.17. The van der Waals surface area contributed by atoms with E-state index in [1.807, 2.05) is 30.3 Å². The molecule has 6 nitrogen and oxygen atoms in total. The maximum absolute atomic E-state index is 3.99. The van der Waals surface area contributed by atoms with Crippen molar-refractivity contribution in [2.24, 2.45) is 0 Å². The first-order valence-electron chi connectivity index (χ1n) is 6.00. The highest BCUT2D eigenvalue weighted by atomic mass is 15.6. The van der Waals surface area contributed by atoms with Crippen LogP contribution >= 0.6 is 0 Å². The van der Waals surface area contributed by atoms with Gasteiger partial charge in [0, 0.05) is 6.54 Å². The van der Waals surface area contributed by atoms with Crippen molar-refractivity contribution in [1.29, 1.82) is 0 Å². The van der Waals surface area contributed by atoms with Gasteiger partial charge in [-0.1, -0.05) is 23.3 Å². The summed E-state index contributed by atoms with van der Waals surface area (Å²) in [5, 5.41) is 14.9. The molecular weight excluding hydrogens is 228 g/mol. The van der Waals surface area contributed by atoms with Gasteiger partial charge in [-0.25, -0.2) is 0 Å². The molecule has 2 rings (SSSR count). The Morgan fingerprint density at radius 1 is 1.22 bits per heavy atom. The Bertz CT molecular complexity index is 464. The van der Waals surface area contributed by atoms with Crippen LogP contribution in [0.15, 0.2) is 30.3 Å². The van der Waals surface area contributed by atoms with Crippen molar-refractivity contribution in [2.45, 2.75) is 6.42 Å². The summed E-state index contributed by atoms with van der Waals surface area (Å²) in [5.41, 5.74) is 0.956. The van der Waals surface area contributed by atoms with E-state index in [2.05, 4.69) is 39.8 Å². The van der Waals surface area contributed by atoms with Gasteiger partial charge < -0.3 is 10.2 Å². The summed E-state index contributed by atoms with van der Waals surface area (Å²) in [6.07, 6.45) is 1.05. The lowest BCUT2D eigenvalue weighted by molar-refractivity contribution is 0.405. The molecule has 0 saturated carbocycles. The van der Waals surface area contributed by atoms with Crippen molar-refractivity contribution in [3.8, 4) is 5.69 Å². The number of nitrogens with zero attached hydrogens (tertiary/aromatic N) is 5. The van der Waals surface area contributed by atoms with Gasteiger partial charge in [-0.15, -0.1) is 0 Å². The zero-order valence-electron chi connectivity index (χ0n) is 10.7. The third-order valence-corrected chi connectivity index (χ3v) is 2.54. The Morgan fingerprint density at radius 2 is 2.00 bits per heavy atom. The van der Waals surface area contributed by atoms with Gasteiger partial charge in [-0.05, 0) is 49.6 Å². The molecule has 0 fully saturated rings. The van der Waals surface area contributed by atoms with Gasteiger partial charge in [0.15, 0.2) is 0 Å². The second-order valence-corrected chi connectivity index (χ2v) is 4.33. The van der Waals surface area contributed by atoms with Crippen LogP contribution < -0.4 is 5.32 Å². The molecule has 0 bridgehead atoms. The molecule has 1 aromatic carbocycles. The third-order valence-electron chi connectivity index (χ3n) is 2.54. The summed E-state index contributed by atoms with van der Waals surface area (Å²) in [7, 11) is 4.13. The van der Waals surface area contributed by atoms with Crippen molar-refractivity contribution >= 4 is 5.95 Å². The standard InChI is InChI=1S/C12H18N6/c1-17(2)10-6-9-13-12-14-15-16-18(12)11-7-4-3-5-8-11/h3-5,7-8H,6,9-10H2,1-2H3,(H,13,14,16). The summed E-state index contributed by atoms with van der Waals surface area (Å²) >= 11 is 0. The molecule has 0 unspecified atom stereocenters. The average Bonchev–Trinajstić information content (AvgIpc) is 2.84. The maximum Gasteiger partial charge on any atom is 0.247 e. The Morgan fingerprint density at radius 3 is 2.72 bits per heavy atom. The Hall–Kier alpha value is -1.95. The largest absolute Gasteiger partial charge is 0.353 e. The smallest absolute Gasteiger partial charge is 0.247 e. The minimum absolute atomic E-state index is 0.681. The van der Waals surface area contributed by atoms with E-state index in [9.17, 15) is 0 Å². The number of aromatic nitrogens is 4. The van der Waals surface area contributed by atoms with Gasteiger partial charge in [0.25, 0.3) is 0 Å². The SMILES string of the molecule is CN(C)CCCNc1nnnn1-c1ccccc1. The predicted octanol–water partition coefficient (Wildman–Crippen LogP) is 1.03. The molecule has 1 heterocycles.